The lowest BCUT2D eigenvalue weighted by Crippen LogP contribution is -2.29. The van der Waals surface area contributed by atoms with E-state index in [4.69, 9.17) is 0 Å². The highest BCUT2D eigenvalue weighted by Crippen LogP contribution is 2.10. The van der Waals surface area contributed by atoms with Gasteiger partial charge < -0.3 is 5.32 Å². The maximum absolute atomic E-state index is 12.2. The van der Waals surface area contributed by atoms with Crippen molar-refractivity contribution in [2.45, 2.75) is 6.54 Å². The number of anilines is 1. The maximum atomic E-state index is 12.2. The highest BCUT2D eigenvalue weighted by molar-refractivity contribution is 5.90. The van der Waals surface area contributed by atoms with Gasteiger partial charge in [-0.2, -0.15) is 0 Å². The van der Waals surface area contributed by atoms with Crippen molar-refractivity contribution in [3.05, 3.63) is 65.2 Å². The lowest BCUT2D eigenvalue weighted by Gasteiger charge is -2.03. The summed E-state index contributed by atoms with van der Waals surface area (Å²) >= 11 is 0. The van der Waals surface area contributed by atoms with Crippen LogP contribution in [0.1, 0.15) is 0 Å². The van der Waals surface area contributed by atoms with Gasteiger partial charge in [-0.15, -0.1) is 5.10 Å². The molecule has 1 aromatic carbocycles. The van der Waals surface area contributed by atoms with Crippen LogP contribution >= 0.6 is 0 Å². The highest BCUT2D eigenvalue weighted by atomic mass is 16.2. The Morgan fingerprint density at radius 1 is 1.13 bits per heavy atom. The van der Waals surface area contributed by atoms with E-state index in [1.54, 1.807) is 37.5 Å². The molecule has 23 heavy (non-hydrogen) atoms. The Kier molecular flexibility index (Phi) is 4.01. The molecule has 0 saturated heterocycles. The number of benzene rings is 1. The lowest BCUT2D eigenvalue weighted by atomic mass is 10.3. The number of amides is 1. The summed E-state index contributed by atoms with van der Waals surface area (Å²) in [6.45, 7) is -0.158. The summed E-state index contributed by atoms with van der Waals surface area (Å²) in [5.41, 5.74) is 0.884. The second-order valence-electron chi connectivity index (χ2n) is 4.95. The molecule has 0 fully saturated rings. The zero-order chi connectivity index (χ0) is 16.2. The Labute approximate surface area is 132 Å². The maximum Gasteiger partial charge on any atom is 0.346 e. The zero-order valence-electron chi connectivity index (χ0n) is 12.5. The molecule has 0 bridgehead atoms. The van der Waals surface area contributed by atoms with Crippen molar-refractivity contribution in [1.82, 2.24) is 19.3 Å². The van der Waals surface area contributed by atoms with Crippen LogP contribution in [0.3, 0.4) is 0 Å². The van der Waals surface area contributed by atoms with E-state index in [1.807, 2.05) is 24.3 Å². The summed E-state index contributed by atoms with van der Waals surface area (Å²) in [7, 11) is 1.60. The molecule has 0 aliphatic carbocycles. The number of hydrogen-bond donors (Lipinski definition) is 1. The van der Waals surface area contributed by atoms with Gasteiger partial charge in [0.15, 0.2) is 5.82 Å². The summed E-state index contributed by atoms with van der Waals surface area (Å²) in [6, 6.07) is 14.4. The van der Waals surface area contributed by atoms with E-state index in [0.29, 0.717) is 17.2 Å². The fourth-order valence-electron chi connectivity index (χ4n) is 2.17. The summed E-state index contributed by atoms with van der Waals surface area (Å²) in [5.74, 6) is 0.104. The number of nitrogens with zero attached hydrogens (tertiary/aromatic N) is 4. The second kappa shape index (κ2) is 6.27. The molecular weight excluding hydrogens is 294 g/mol. The Bertz CT molecular complexity index is 868. The molecule has 0 aliphatic rings. The SMILES string of the molecule is Cn1c(-c2ccccn2)nn(CC(=O)Nc2ccccc2)c1=O. The monoisotopic (exact) mass is 309 g/mol. The predicted octanol–water partition coefficient (Wildman–Crippen LogP) is 1.28. The van der Waals surface area contributed by atoms with Crippen LogP contribution in [0.4, 0.5) is 5.69 Å². The first-order valence-electron chi connectivity index (χ1n) is 7.05. The van der Waals surface area contributed by atoms with Gasteiger partial charge in [-0.3, -0.25) is 14.3 Å². The van der Waals surface area contributed by atoms with Crippen molar-refractivity contribution in [1.29, 1.82) is 0 Å². The lowest BCUT2D eigenvalue weighted by molar-refractivity contribution is -0.117. The van der Waals surface area contributed by atoms with E-state index in [9.17, 15) is 9.59 Å². The van der Waals surface area contributed by atoms with Crippen molar-refractivity contribution in [3.8, 4) is 11.5 Å². The van der Waals surface area contributed by atoms with Crippen LogP contribution in [0.2, 0.25) is 0 Å². The van der Waals surface area contributed by atoms with Gasteiger partial charge in [-0.25, -0.2) is 9.48 Å². The molecule has 0 atom stereocenters. The highest BCUT2D eigenvalue weighted by Gasteiger charge is 2.15. The number of carbonyl (C=O) groups is 1. The molecule has 116 valence electrons. The first-order valence-corrected chi connectivity index (χ1v) is 7.05. The van der Waals surface area contributed by atoms with Crippen LogP contribution in [-0.2, 0) is 18.4 Å². The fraction of sp³-hybridized carbons (Fsp3) is 0.125. The third-order valence-corrected chi connectivity index (χ3v) is 3.29. The van der Waals surface area contributed by atoms with Gasteiger partial charge in [0.2, 0.25) is 5.91 Å². The number of hydrogen-bond acceptors (Lipinski definition) is 4. The molecule has 0 unspecified atom stereocenters. The van der Waals surface area contributed by atoms with E-state index in [0.717, 1.165) is 4.68 Å². The Balaban J connectivity index is 1.81. The largest absolute Gasteiger partial charge is 0.346 e. The summed E-state index contributed by atoms with van der Waals surface area (Å²) in [5, 5.41) is 6.93. The van der Waals surface area contributed by atoms with Crippen molar-refractivity contribution in [3.63, 3.8) is 0 Å². The van der Waals surface area contributed by atoms with Gasteiger partial charge in [0.25, 0.3) is 0 Å². The molecule has 2 heterocycles. The molecule has 1 N–H and O–H groups in total. The Hall–Kier alpha value is -3.22. The van der Waals surface area contributed by atoms with Crippen molar-refractivity contribution >= 4 is 11.6 Å². The van der Waals surface area contributed by atoms with Crippen molar-refractivity contribution < 1.29 is 4.79 Å². The third kappa shape index (κ3) is 3.18. The smallest absolute Gasteiger partial charge is 0.324 e. The van der Waals surface area contributed by atoms with Gasteiger partial charge in [-0.05, 0) is 24.3 Å². The number of rotatable bonds is 4. The molecule has 2 aromatic heterocycles. The minimum absolute atomic E-state index is 0.158. The molecule has 0 saturated carbocycles. The van der Waals surface area contributed by atoms with Crippen LogP contribution in [-0.4, -0.2) is 25.2 Å². The van der Waals surface area contributed by atoms with E-state index < -0.39 is 0 Å². The van der Waals surface area contributed by atoms with Crippen molar-refractivity contribution in [2.24, 2.45) is 7.05 Å². The normalized spacial score (nSPS) is 10.5. The molecule has 3 aromatic rings. The van der Waals surface area contributed by atoms with E-state index >= 15 is 0 Å². The predicted molar refractivity (Wildman–Crippen MR) is 85.8 cm³/mol. The average molecular weight is 309 g/mol. The number of aromatic nitrogens is 4. The Morgan fingerprint density at radius 3 is 2.57 bits per heavy atom. The van der Waals surface area contributed by atoms with Gasteiger partial charge in [0.05, 0.1) is 0 Å². The molecule has 3 rings (SSSR count). The minimum Gasteiger partial charge on any atom is -0.324 e. The summed E-state index contributed by atoms with van der Waals surface area (Å²) in [6.07, 6.45) is 1.63. The molecule has 1 amide bonds. The number of carbonyl (C=O) groups excluding carboxylic acids is 1. The van der Waals surface area contributed by atoms with Crippen LogP contribution in [0.15, 0.2) is 59.5 Å². The first kappa shape index (κ1) is 14.7. The minimum atomic E-state index is -0.367. The van der Waals surface area contributed by atoms with Gasteiger partial charge in [-0.1, -0.05) is 24.3 Å². The average Bonchev–Trinajstić information content (AvgIpc) is 2.85. The number of para-hydroxylation sites is 1. The van der Waals surface area contributed by atoms with E-state index in [-0.39, 0.29) is 18.1 Å². The van der Waals surface area contributed by atoms with Crippen LogP contribution < -0.4 is 11.0 Å². The van der Waals surface area contributed by atoms with Gasteiger partial charge >= 0.3 is 5.69 Å². The Morgan fingerprint density at radius 2 is 1.87 bits per heavy atom. The van der Waals surface area contributed by atoms with Crippen LogP contribution in [0.25, 0.3) is 11.5 Å². The third-order valence-electron chi connectivity index (χ3n) is 3.29. The topological polar surface area (TPSA) is 81.8 Å². The number of nitrogens with one attached hydrogen (secondary N) is 1. The van der Waals surface area contributed by atoms with Gasteiger partial charge in [0.1, 0.15) is 12.2 Å². The molecule has 0 spiro atoms. The molecule has 0 radical (unpaired) electrons. The summed E-state index contributed by atoms with van der Waals surface area (Å²) < 4.78 is 2.50. The quantitative estimate of drug-likeness (QED) is 0.787. The zero-order valence-corrected chi connectivity index (χ0v) is 12.5. The van der Waals surface area contributed by atoms with E-state index in [1.165, 1.54) is 4.57 Å². The second-order valence-corrected chi connectivity index (χ2v) is 4.95. The van der Waals surface area contributed by atoms with Crippen molar-refractivity contribution in [2.75, 3.05) is 5.32 Å². The van der Waals surface area contributed by atoms with Crippen LogP contribution in [0, 0.1) is 0 Å². The molecular formula is C16H15N5O2. The molecule has 7 nitrogen and oxygen atoms in total. The molecule has 0 aliphatic heterocycles. The summed E-state index contributed by atoms with van der Waals surface area (Å²) in [4.78, 5) is 28.4. The standard InChI is InChI=1S/C16H15N5O2/c1-20-15(13-9-5-6-10-17-13)19-21(16(20)23)11-14(22)18-12-7-3-2-4-8-12/h2-10H,11H2,1H3,(H,18,22). The van der Waals surface area contributed by atoms with Gasteiger partial charge in [0, 0.05) is 18.9 Å². The molecule has 7 heteroatoms. The fourth-order valence-corrected chi connectivity index (χ4v) is 2.17. The van der Waals surface area contributed by atoms with E-state index in [2.05, 4.69) is 15.4 Å². The first-order chi connectivity index (χ1) is 11.1. The van der Waals surface area contributed by atoms with Crippen LogP contribution in [0.5, 0.6) is 0 Å². The number of pyridine rings is 1.